The Hall–Kier alpha value is -0.650. The van der Waals surface area contributed by atoms with E-state index in [-0.39, 0.29) is 0 Å². The van der Waals surface area contributed by atoms with Gasteiger partial charge in [-0.05, 0) is 47.0 Å². The number of hydrogen-bond acceptors (Lipinski definition) is 4. The first-order valence-electron chi connectivity index (χ1n) is 13.1. The number of unbranched alkanes of at least 4 members (excludes halogenated alkanes) is 15. The Labute approximate surface area is 195 Å². The molecule has 1 atom stereocenters. The Balaban J connectivity index is -0.000000532. The first-order chi connectivity index (χ1) is 14.8. The Bertz CT molecular complexity index is 308. The smallest absolute Gasteiger partial charge is 0.332 e. The molecule has 0 aromatic rings. The molecule has 0 heterocycles. The fourth-order valence-corrected chi connectivity index (χ4v) is 3.14. The standard InChI is InChI=1S/C18H39N.C5H13N.C3H6O3/c1-2-3-4-5-6-7-8-9-10-11-12-13-14-15-16-17-18-19;1-4-5-6(2)3;1-2(4)3(5)6/h2-19H2,1H3;4-5H2,1-3H3;2,4H,1H3,(H,5,6). The molecule has 0 aliphatic rings. The second kappa shape index (κ2) is 31.5. The highest BCUT2D eigenvalue weighted by Crippen LogP contribution is 2.13. The van der Waals surface area contributed by atoms with Crippen LogP contribution in [0.1, 0.15) is 130 Å². The predicted molar refractivity (Wildman–Crippen MR) is 137 cm³/mol. The lowest BCUT2D eigenvalue weighted by Gasteiger charge is -2.03. The van der Waals surface area contributed by atoms with Crippen LogP contribution in [0.25, 0.3) is 0 Å². The SMILES string of the molecule is CC(O)C(=O)O.CCCCCCCCCCCCCCCCCCN.CCCN(C)C. The van der Waals surface area contributed by atoms with Gasteiger partial charge in [-0.25, -0.2) is 4.79 Å². The molecule has 31 heavy (non-hydrogen) atoms. The largest absolute Gasteiger partial charge is 0.479 e. The average molecular weight is 447 g/mol. The van der Waals surface area contributed by atoms with Crippen molar-refractivity contribution in [1.29, 1.82) is 0 Å². The van der Waals surface area contributed by atoms with Gasteiger partial charge < -0.3 is 20.8 Å². The Morgan fingerprint density at radius 1 is 0.710 bits per heavy atom. The molecule has 5 heteroatoms. The zero-order valence-corrected chi connectivity index (χ0v) is 21.8. The molecule has 0 spiro atoms. The number of carboxylic acid groups (broad SMARTS) is 1. The summed E-state index contributed by atoms with van der Waals surface area (Å²) in [7, 11) is 4.17. The van der Waals surface area contributed by atoms with E-state index in [1.165, 1.54) is 123 Å². The molecule has 0 radical (unpaired) electrons. The maximum Gasteiger partial charge on any atom is 0.332 e. The minimum Gasteiger partial charge on any atom is -0.479 e. The Morgan fingerprint density at radius 3 is 1.16 bits per heavy atom. The lowest BCUT2D eigenvalue weighted by molar-refractivity contribution is -0.145. The number of carboxylic acids is 1. The second-order valence-corrected chi connectivity index (χ2v) is 8.91. The minimum atomic E-state index is -1.23. The van der Waals surface area contributed by atoms with E-state index in [0.717, 1.165) is 6.54 Å². The van der Waals surface area contributed by atoms with Crippen molar-refractivity contribution in [2.45, 2.75) is 136 Å². The maximum absolute atomic E-state index is 9.45. The highest BCUT2D eigenvalue weighted by atomic mass is 16.4. The summed E-state index contributed by atoms with van der Waals surface area (Å²) in [6.45, 7) is 7.75. The average Bonchev–Trinajstić information content (AvgIpc) is 2.71. The number of hydrogen-bond donors (Lipinski definition) is 3. The van der Waals surface area contributed by atoms with Crippen molar-refractivity contribution in [3.8, 4) is 0 Å². The predicted octanol–water partition coefficient (Wildman–Crippen LogP) is 6.62. The first kappa shape index (κ1) is 35.0. The number of aliphatic hydroxyl groups is 1. The molecule has 0 aliphatic heterocycles. The van der Waals surface area contributed by atoms with Crippen LogP contribution in [0.3, 0.4) is 0 Å². The fraction of sp³-hybridized carbons (Fsp3) is 0.962. The van der Waals surface area contributed by atoms with Crippen LogP contribution in [0.4, 0.5) is 0 Å². The third-order valence-electron chi connectivity index (χ3n) is 5.09. The van der Waals surface area contributed by atoms with E-state index < -0.39 is 12.1 Å². The van der Waals surface area contributed by atoms with Crippen LogP contribution in [-0.2, 0) is 4.79 Å². The lowest BCUT2D eigenvalue weighted by atomic mass is 10.0. The number of aliphatic carboxylic acids is 1. The molecular formula is C26H58N2O3. The molecule has 1 unspecified atom stereocenters. The van der Waals surface area contributed by atoms with Crippen molar-refractivity contribution in [3.63, 3.8) is 0 Å². The highest BCUT2D eigenvalue weighted by Gasteiger charge is 2.01. The summed E-state index contributed by atoms with van der Waals surface area (Å²) >= 11 is 0. The molecule has 0 aromatic heterocycles. The number of carbonyl (C=O) groups is 1. The molecular weight excluding hydrogens is 388 g/mol. The molecule has 190 valence electrons. The number of nitrogens with two attached hydrogens (primary N) is 1. The normalized spacial score (nSPS) is 11.4. The summed E-state index contributed by atoms with van der Waals surface area (Å²) in [6.07, 6.45) is 22.9. The van der Waals surface area contributed by atoms with Gasteiger partial charge in [-0.3, -0.25) is 0 Å². The van der Waals surface area contributed by atoms with E-state index in [1.54, 1.807) is 0 Å². The van der Waals surface area contributed by atoms with Gasteiger partial charge in [0.05, 0.1) is 0 Å². The molecule has 5 nitrogen and oxygen atoms in total. The molecule has 0 rings (SSSR count). The number of rotatable bonds is 19. The van der Waals surface area contributed by atoms with Gasteiger partial charge in [0.25, 0.3) is 0 Å². The highest BCUT2D eigenvalue weighted by molar-refractivity contribution is 5.71. The van der Waals surface area contributed by atoms with Gasteiger partial charge in [-0.15, -0.1) is 0 Å². The van der Waals surface area contributed by atoms with Crippen LogP contribution in [-0.4, -0.2) is 54.4 Å². The molecule has 0 bridgehead atoms. The third kappa shape index (κ3) is 44.0. The summed E-state index contributed by atoms with van der Waals surface area (Å²) < 4.78 is 0. The van der Waals surface area contributed by atoms with Crippen LogP contribution >= 0.6 is 0 Å². The molecule has 4 N–H and O–H groups in total. The molecule has 0 amide bonds. The minimum absolute atomic E-state index is 0.873. The van der Waals surface area contributed by atoms with E-state index in [2.05, 4.69) is 32.8 Å². The van der Waals surface area contributed by atoms with Gasteiger partial charge in [0.1, 0.15) is 6.10 Å². The van der Waals surface area contributed by atoms with E-state index in [0.29, 0.717) is 0 Å². The maximum atomic E-state index is 9.45. The van der Waals surface area contributed by atoms with Gasteiger partial charge in [-0.1, -0.05) is 110 Å². The topological polar surface area (TPSA) is 86.8 Å². The van der Waals surface area contributed by atoms with Gasteiger partial charge >= 0.3 is 5.97 Å². The van der Waals surface area contributed by atoms with Crippen molar-refractivity contribution >= 4 is 5.97 Å². The van der Waals surface area contributed by atoms with Crippen molar-refractivity contribution < 1.29 is 15.0 Å². The zero-order chi connectivity index (χ0) is 24.2. The van der Waals surface area contributed by atoms with Gasteiger partial charge in [-0.2, -0.15) is 0 Å². The van der Waals surface area contributed by atoms with Crippen LogP contribution in [0.15, 0.2) is 0 Å². The van der Waals surface area contributed by atoms with Crippen molar-refractivity contribution in [1.82, 2.24) is 4.90 Å². The van der Waals surface area contributed by atoms with E-state index in [4.69, 9.17) is 15.9 Å². The van der Waals surface area contributed by atoms with Crippen LogP contribution < -0.4 is 5.73 Å². The van der Waals surface area contributed by atoms with Crippen molar-refractivity contribution in [2.75, 3.05) is 27.2 Å². The monoisotopic (exact) mass is 446 g/mol. The summed E-state index contributed by atoms with van der Waals surface area (Å²) in [5.41, 5.74) is 5.48. The van der Waals surface area contributed by atoms with Gasteiger partial charge in [0, 0.05) is 0 Å². The number of nitrogens with zero attached hydrogens (tertiary/aromatic N) is 1. The molecule has 0 aliphatic carbocycles. The van der Waals surface area contributed by atoms with Crippen LogP contribution in [0.5, 0.6) is 0 Å². The summed E-state index contributed by atoms with van der Waals surface area (Å²) in [4.78, 5) is 11.6. The summed E-state index contributed by atoms with van der Waals surface area (Å²) in [5, 5.41) is 15.8. The molecule has 0 fully saturated rings. The van der Waals surface area contributed by atoms with E-state index in [1.807, 2.05) is 0 Å². The van der Waals surface area contributed by atoms with Gasteiger partial charge in [0.2, 0.25) is 0 Å². The molecule has 0 aromatic carbocycles. The van der Waals surface area contributed by atoms with E-state index >= 15 is 0 Å². The lowest BCUT2D eigenvalue weighted by Crippen LogP contribution is -2.13. The Kier molecular flexibility index (Phi) is 35.6. The van der Waals surface area contributed by atoms with E-state index in [9.17, 15) is 4.79 Å². The Morgan fingerprint density at radius 2 is 1.00 bits per heavy atom. The summed E-state index contributed by atoms with van der Waals surface area (Å²) in [6, 6.07) is 0. The fourth-order valence-electron chi connectivity index (χ4n) is 3.14. The van der Waals surface area contributed by atoms with Crippen molar-refractivity contribution in [3.05, 3.63) is 0 Å². The quantitative estimate of drug-likeness (QED) is 0.194. The molecule has 0 saturated carbocycles. The van der Waals surface area contributed by atoms with Crippen LogP contribution in [0.2, 0.25) is 0 Å². The molecule has 0 saturated heterocycles. The van der Waals surface area contributed by atoms with Gasteiger partial charge in [0.15, 0.2) is 0 Å². The summed E-state index contributed by atoms with van der Waals surface area (Å²) in [5.74, 6) is -1.19. The van der Waals surface area contributed by atoms with Crippen molar-refractivity contribution in [2.24, 2.45) is 5.73 Å². The zero-order valence-electron chi connectivity index (χ0n) is 21.8. The second-order valence-electron chi connectivity index (χ2n) is 8.91. The third-order valence-corrected chi connectivity index (χ3v) is 5.09. The number of aliphatic hydroxyl groups excluding tert-OH is 1. The van der Waals surface area contributed by atoms with Crippen LogP contribution in [0, 0.1) is 0 Å². The first-order valence-corrected chi connectivity index (χ1v) is 13.1.